The maximum Gasteiger partial charge on any atom is 0.306 e. The van der Waals surface area contributed by atoms with Gasteiger partial charge in [0.15, 0.2) is 0 Å². The first-order valence-electron chi connectivity index (χ1n) is 6.16. The van der Waals surface area contributed by atoms with Gasteiger partial charge in [-0.15, -0.1) is 6.58 Å². The first-order chi connectivity index (χ1) is 8.40. The lowest BCUT2D eigenvalue weighted by Gasteiger charge is -2.34. The monoisotopic (exact) mass is 255 g/mol. The Hall–Kier alpha value is -1.36. The smallest absolute Gasteiger partial charge is 0.306 e. The molecule has 2 unspecified atom stereocenters. The van der Waals surface area contributed by atoms with Crippen LogP contribution in [0.25, 0.3) is 0 Å². The molecule has 2 atom stereocenters. The molecule has 1 N–H and O–H groups in total. The van der Waals surface area contributed by atoms with Crippen molar-refractivity contribution in [3.63, 3.8) is 0 Å². The minimum atomic E-state index is -0.899. The third kappa shape index (κ3) is 4.49. The Morgan fingerprint density at radius 3 is 2.78 bits per heavy atom. The molecule has 5 heteroatoms. The molecule has 1 aliphatic heterocycles. The Morgan fingerprint density at radius 1 is 1.56 bits per heavy atom. The minimum Gasteiger partial charge on any atom is -0.481 e. The number of aliphatic carboxylic acids is 1. The highest BCUT2D eigenvalue weighted by Gasteiger charge is 2.28. The fourth-order valence-corrected chi connectivity index (χ4v) is 2.16. The van der Waals surface area contributed by atoms with Gasteiger partial charge in [-0.2, -0.15) is 0 Å². The van der Waals surface area contributed by atoms with Crippen molar-refractivity contribution in [1.82, 2.24) is 4.90 Å². The van der Waals surface area contributed by atoms with E-state index in [9.17, 15) is 9.59 Å². The van der Waals surface area contributed by atoms with Crippen molar-refractivity contribution in [2.45, 2.75) is 32.8 Å². The van der Waals surface area contributed by atoms with Crippen LogP contribution in [-0.4, -0.2) is 47.7 Å². The van der Waals surface area contributed by atoms with Crippen LogP contribution in [-0.2, 0) is 14.3 Å². The molecular formula is C13H21NO4. The molecule has 0 bridgehead atoms. The fraction of sp³-hybridized carbons (Fsp3) is 0.692. The van der Waals surface area contributed by atoms with Gasteiger partial charge in [0.05, 0.1) is 19.1 Å². The first-order valence-corrected chi connectivity index (χ1v) is 6.16. The van der Waals surface area contributed by atoms with Gasteiger partial charge in [0.1, 0.15) is 0 Å². The molecule has 5 nitrogen and oxygen atoms in total. The van der Waals surface area contributed by atoms with Crippen LogP contribution in [0.15, 0.2) is 12.2 Å². The van der Waals surface area contributed by atoms with Crippen LogP contribution >= 0.6 is 0 Å². The summed E-state index contributed by atoms with van der Waals surface area (Å²) >= 11 is 0. The van der Waals surface area contributed by atoms with Gasteiger partial charge in [-0.1, -0.05) is 12.5 Å². The highest BCUT2D eigenvalue weighted by atomic mass is 16.5. The Morgan fingerprint density at radius 2 is 2.22 bits per heavy atom. The third-order valence-electron chi connectivity index (χ3n) is 2.93. The standard InChI is InChI=1S/C13H21NO4/c1-9(2)6-10(3)13(17)14-4-5-18-11(8-14)7-12(15)16/h10-11H,1,4-8H2,2-3H3,(H,15,16). The number of hydrogen-bond acceptors (Lipinski definition) is 3. The summed E-state index contributed by atoms with van der Waals surface area (Å²) in [6.45, 7) is 8.89. The van der Waals surface area contributed by atoms with E-state index in [1.54, 1.807) is 4.90 Å². The van der Waals surface area contributed by atoms with Crippen LogP contribution in [0.2, 0.25) is 0 Å². The number of morpholine rings is 1. The second-order valence-electron chi connectivity index (χ2n) is 4.94. The Bertz CT molecular complexity index is 340. The van der Waals surface area contributed by atoms with Gasteiger partial charge in [-0.25, -0.2) is 0 Å². The maximum atomic E-state index is 12.1. The van der Waals surface area contributed by atoms with Crippen molar-refractivity contribution in [2.75, 3.05) is 19.7 Å². The summed E-state index contributed by atoms with van der Waals surface area (Å²) in [4.78, 5) is 24.5. The van der Waals surface area contributed by atoms with Crippen molar-refractivity contribution in [2.24, 2.45) is 5.92 Å². The normalized spacial score (nSPS) is 21.4. The van der Waals surface area contributed by atoms with E-state index in [0.717, 1.165) is 5.57 Å². The molecule has 0 saturated carbocycles. The highest BCUT2D eigenvalue weighted by Crippen LogP contribution is 2.16. The van der Waals surface area contributed by atoms with E-state index in [1.165, 1.54) is 0 Å². The SMILES string of the molecule is C=C(C)CC(C)C(=O)N1CCOC(CC(=O)O)C1. The van der Waals surface area contributed by atoms with Crippen molar-refractivity contribution in [3.8, 4) is 0 Å². The molecule has 0 spiro atoms. The van der Waals surface area contributed by atoms with Gasteiger partial charge in [-0.3, -0.25) is 9.59 Å². The number of amides is 1. The first kappa shape index (κ1) is 14.7. The third-order valence-corrected chi connectivity index (χ3v) is 2.93. The molecule has 1 fully saturated rings. The second-order valence-corrected chi connectivity index (χ2v) is 4.94. The van der Waals surface area contributed by atoms with Crippen molar-refractivity contribution < 1.29 is 19.4 Å². The molecule has 0 radical (unpaired) electrons. The number of hydrogen-bond donors (Lipinski definition) is 1. The predicted molar refractivity (Wildman–Crippen MR) is 67.2 cm³/mol. The zero-order valence-corrected chi connectivity index (χ0v) is 11.0. The summed E-state index contributed by atoms with van der Waals surface area (Å²) in [6.07, 6.45) is 0.218. The van der Waals surface area contributed by atoms with E-state index >= 15 is 0 Å². The molecular weight excluding hydrogens is 234 g/mol. The fourth-order valence-electron chi connectivity index (χ4n) is 2.16. The van der Waals surface area contributed by atoms with E-state index in [1.807, 2.05) is 13.8 Å². The second kappa shape index (κ2) is 6.54. The van der Waals surface area contributed by atoms with Crippen LogP contribution in [0.3, 0.4) is 0 Å². The van der Waals surface area contributed by atoms with Gasteiger partial charge in [-0.05, 0) is 13.3 Å². The van der Waals surface area contributed by atoms with Gasteiger partial charge in [0.25, 0.3) is 0 Å². The summed E-state index contributed by atoms with van der Waals surface area (Å²) in [6, 6.07) is 0. The lowest BCUT2D eigenvalue weighted by atomic mass is 10.0. The molecule has 1 rings (SSSR count). The van der Waals surface area contributed by atoms with Crippen LogP contribution in [0.5, 0.6) is 0 Å². The quantitative estimate of drug-likeness (QED) is 0.752. The predicted octanol–water partition coefficient (Wildman–Crippen LogP) is 1.29. The summed E-state index contributed by atoms with van der Waals surface area (Å²) in [5.41, 5.74) is 0.978. The van der Waals surface area contributed by atoms with Gasteiger partial charge >= 0.3 is 5.97 Å². The summed E-state index contributed by atoms with van der Waals surface area (Å²) in [7, 11) is 0. The number of carboxylic acids is 1. The topological polar surface area (TPSA) is 66.8 Å². The molecule has 0 aromatic heterocycles. The van der Waals surface area contributed by atoms with Crippen LogP contribution in [0, 0.1) is 5.92 Å². The molecule has 0 aliphatic carbocycles. The molecule has 1 amide bonds. The summed E-state index contributed by atoms with van der Waals surface area (Å²) in [5, 5.41) is 8.72. The van der Waals surface area contributed by atoms with Crippen molar-refractivity contribution in [3.05, 3.63) is 12.2 Å². The van der Waals surface area contributed by atoms with E-state index in [0.29, 0.717) is 26.1 Å². The summed E-state index contributed by atoms with van der Waals surface area (Å²) in [5.74, 6) is -0.952. The average Bonchev–Trinajstić information content (AvgIpc) is 2.26. The van der Waals surface area contributed by atoms with E-state index in [-0.39, 0.29) is 18.2 Å². The number of carbonyl (C=O) groups excluding carboxylic acids is 1. The number of carbonyl (C=O) groups is 2. The summed E-state index contributed by atoms with van der Waals surface area (Å²) < 4.78 is 5.34. The molecule has 1 saturated heterocycles. The zero-order chi connectivity index (χ0) is 13.7. The van der Waals surface area contributed by atoms with Gasteiger partial charge < -0.3 is 14.7 Å². The molecule has 1 heterocycles. The van der Waals surface area contributed by atoms with E-state index < -0.39 is 12.1 Å². The van der Waals surface area contributed by atoms with Crippen LogP contribution in [0.4, 0.5) is 0 Å². The number of allylic oxidation sites excluding steroid dienone is 1. The number of ether oxygens (including phenoxy) is 1. The highest BCUT2D eigenvalue weighted by molar-refractivity contribution is 5.79. The molecule has 0 aromatic rings. The molecule has 18 heavy (non-hydrogen) atoms. The van der Waals surface area contributed by atoms with E-state index in [4.69, 9.17) is 9.84 Å². The van der Waals surface area contributed by atoms with Gasteiger partial charge in [0, 0.05) is 19.0 Å². The van der Waals surface area contributed by atoms with E-state index in [2.05, 4.69) is 6.58 Å². The average molecular weight is 255 g/mol. The van der Waals surface area contributed by atoms with Gasteiger partial charge in [0.2, 0.25) is 5.91 Å². The zero-order valence-electron chi connectivity index (χ0n) is 11.0. The molecule has 102 valence electrons. The number of rotatable bonds is 5. The maximum absolute atomic E-state index is 12.1. The largest absolute Gasteiger partial charge is 0.481 e. The number of carboxylic acid groups (broad SMARTS) is 1. The Balaban J connectivity index is 2.52. The van der Waals surface area contributed by atoms with Crippen LogP contribution < -0.4 is 0 Å². The number of nitrogens with zero attached hydrogens (tertiary/aromatic N) is 1. The Labute approximate surface area is 107 Å². The van der Waals surface area contributed by atoms with Crippen molar-refractivity contribution >= 4 is 11.9 Å². The molecule has 0 aromatic carbocycles. The lowest BCUT2D eigenvalue weighted by molar-refractivity contribution is -0.149. The molecule has 1 aliphatic rings. The van der Waals surface area contributed by atoms with Crippen LogP contribution in [0.1, 0.15) is 26.7 Å². The van der Waals surface area contributed by atoms with Crippen molar-refractivity contribution in [1.29, 1.82) is 0 Å². The lowest BCUT2D eigenvalue weighted by Crippen LogP contribution is -2.48. The Kier molecular flexibility index (Phi) is 5.34. The minimum absolute atomic E-state index is 0.0525.